The summed E-state index contributed by atoms with van der Waals surface area (Å²) >= 11 is 0. The molecule has 2 aliphatic heterocycles. The fourth-order valence-electron chi connectivity index (χ4n) is 4.11. The summed E-state index contributed by atoms with van der Waals surface area (Å²) in [7, 11) is 5.08. The minimum Gasteiger partial charge on any atom is -0.493 e. The van der Waals surface area contributed by atoms with Crippen LogP contribution in [-0.2, 0) is 12.8 Å². The molecule has 1 aromatic rings. The van der Waals surface area contributed by atoms with E-state index in [2.05, 4.69) is 15.9 Å². The van der Waals surface area contributed by atoms with Gasteiger partial charge in [-0.25, -0.2) is 0 Å². The van der Waals surface area contributed by atoms with Gasteiger partial charge < -0.3 is 24.0 Å². The van der Waals surface area contributed by atoms with Gasteiger partial charge >= 0.3 is 0 Å². The summed E-state index contributed by atoms with van der Waals surface area (Å²) in [5.74, 6) is 2.32. The molecule has 0 spiro atoms. The molecule has 2 heterocycles. The lowest BCUT2D eigenvalue weighted by Crippen LogP contribution is -2.38. The van der Waals surface area contributed by atoms with Crippen LogP contribution in [0.5, 0.6) is 17.2 Å². The van der Waals surface area contributed by atoms with E-state index in [9.17, 15) is 0 Å². The van der Waals surface area contributed by atoms with Crippen molar-refractivity contribution in [3.05, 3.63) is 17.2 Å². The zero-order chi connectivity index (χ0) is 17.6. The fraction of sp³-hybridized carbons (Fsp3) is 0.700. The van der Waals surface area contributed by atoms with Crippen molar-refractivity contribution >= 4 is 0 Å². The van der Waals surface area contributed by atoms with E-state index in [1.807, 2.05) is 0 Å². The number of ether oxygens (including phenoxy) is 3. The van der Waals surface area contributed by atoms with Crippen LogP contribution in [0.4, 0.5) is 0 Å². The van der Waals surface area contributed by atoms with Gasteiger partial charge in [0.25, 0.3) is 0 Å². The third kappa shape index (κ3) is 4.21. The lowest BCUT2D eigenvalue weighted by molar-refractivity contribution is 0.184. The van der Waals surface area contributed by atoms with Crippen molar-refractivity contribution in [1.82, 2.24) is 9.80 Å². The maximum absolute atomic E-state index is 5.69. The molecule has 0 saturated carbocycles. The molecule has 25 heavy (non-hydrogen) atoms. The van der Waals surface area contributed by atoms with Crippen molar-refractivity contribution in [2.75, 3.05) is 60.6 Å². The summed E-state index contributed by atoms with van der Waals surface area (Å²) in [5, 5.41) is 0. The number of piperidine rings is 1. The standard InChI is InChI=1S/C20H32N2O3/c1-23-18-15-16-7-11-22(14-13-21-9-5-4-6-10-21)12-8-17(16)19(24-2)20(18)25-3/h15H,4-14H2,1-3H3. The largest absolute Gasteiger partial charge is 0.493 e. The molecule has 0 atom stereocenters. The number of likely N-dealkylation sites (tertiary alicyclic amines) is 1. The number of hydrogen-bond acceptors (Lipinski definition) is 5. The minimum absolute atomic E-state index is 0.713. The van der Waals surface area contributed by atoms with Crippen LogP contribution >= 0.6 is 0 Å². The smallest absolute Gasteiger partial charge is 0.203 e. The Labute approximate surface area is 151 Å². The van der Waals surface area contributed by atoms with Gasteiger partial charge in [0.15, 0.2) is 11.5 Å². The summed E-state index contributed by atoms with van der Waals surface area (Å²) < 4.78 is 16.8. The van der Waals surface area contributed by atoms with E-state index in [-0.39, 0.29) is 0 Å². The molecule has 0 N–H and O–H groups in total. The monoisotopic (exact) mass is 348 g/mol. The van der Waals surface area contributed by atoms with E-state index in [1.54, 1.807) is 21.3 Å². The summed E-state index contributed by atoms with van der Waals surface area (Å²) in [6.07, 6.45) is 6.16. The lowest BCUT2D eigenvalue weighted by Gasteiger charge is -2.29. The second-order valence-electron chi connectivity index (χ2n) is 7.03. The van der Waals surface area contributed by atoms with E-state index in [4.69, 9.17) is 14.2 Å². The Hall–Kier alpha value is -1.46. The molecule has 0 aliphatic carbocycles. The van der Waals surface area contributed by atoms with Gasteiger partial charge in [0.05, 0.1) is 21.3 Å². The molecule has 5 heteroatoms. The Balaban J connectivity index is 1.68. The van der Waals surface area contributed by atoms with Gasteiger partial charge in [0.2, 0.25) is 5.75 Å². The van der Waals surface area contributed by atoms with Crippen molar-refractivity contribution in [2.24, 2.45) is 0 Å². The highest BCUT2D eigenvalue weighted by Gasteiger charge is 2.24. The van der Waals surface area contributed by atoms with E-state index in [1.165, 1.54) is 50.0 Å². The van der Waals surface area contributed by atoms with Crippen LogP contribution in [0.25, 0.3) is 0 Å². The zero-order valence-electron chi connectivity index (χ0n) is 16.0. The van der Waals surface area contributed by atoms with Crippen molar-refractivity contribution < 1.29 is 14.2 Å². The summed E-state index contributed by atoms with van der Waals surface area (Å²) in [6.45, 7) is 7.07. The van der Waals surface area contributed by atoms with Gasteiger partial charge in [0, 0.05) is 31.7 Å². The highest BCUT2D eigenvalue weighted by molar-refractivity contribution is 5.59. The Bertz CT molecular complexity index is 571. The quantitative estimate of drug-likeness (QED) is 0.789. The van der Waals surface area contributed by atoms with Gasteiger partial charge in [-0.2, -0.15) is 0 Å². The Morgan fingerprint density at radius 1 is 0.760 bits per heavy atom. The first-order valence-electron chi connectivity index (χ1n) is 9.52. The van der Waals surface area contributed by atoms with Crippen molar-refractivity contribution in [1.29, 1.82) is 0 Å². The van der Waals surface area contributed by atoms with Crippen molar-refractivity contribution in [3.8, 4) is 17.2 Å². The number of nitrogens with zero attached hydrogens (tertiary/aromatic N) is 2. The highest BCUT2D eigenvalue weighted by Crippen LogP contribution is 2.43. The molecule has 5 nitrogen and oxygen atoms in total. The average molecular weight is 348 g/mol. The van der Waals surface area contributed by atoms with Crippen LogP contribution in [0.3, 0.4) is 0 Å². The molecular weight excluding hydrogens is 316 g/mol. The summed E-state index contributed by atoms with van der Waals surface area (Å²) in [4.78, 5) is 5.21. The molecule has 2 aliphatic rings. The molecule has 1 saturated heterocycles. The molecule has 3 rings (SSSR count). The second kappa shape index (κ2) is 8.77. The molecule has 0 bridgehead atoms. The first kappa shape index (κ1) is 18.3. The van der Waals surface area contributed by atoms with Crippen LogP contribution in [-0.4, -0.2) is 70.4 Å². The first-order chi connectivity index (χ1) is 12.3. The first-order valence-corrected chi connectivity index (χ1v) is 9.52. The molecule has 140 valence electrons. The van der Waals surface area contributed by atoms with Gasteiger partial charge in [-0.1, -0.05) is 6.42 Å². The SMILES string of the molecule is COc1cc2c(c(OC)c1OC)CCN(CCN1CCCCC1)CC2. The lowest BCUT2D eigenvalue weighted by atomic mass is 10.0. The third-order valence-corrected chi connectivity index (χ3v) is 5.58. The van der Waals surface area contributed by atoms with Gasteiger partial charge in [-0.3, -0.25) is 0 Å². The molecule has 1 aromatic carbocycles. The van der Waals surface area contributed by atoms with Crippen LogP contribution < -0.4 is 14.2 Å². The maximum atomic E-state index is 5.69. The van der Waals surface area contributed by atoms with E-state index in [0.717, 1.165) is 44.0 Å². The van der Waals surface area contributed by atoms with Crippen molar-refractivity contribution in [2.45, 2.75) is 32.1 Å². The summed E-state index contributed by atoms with van der Waals surface area (Å²) in [5.41, 5.74) is 2.61. The topological polar surface area (TPSA) is 34.2 Å². The van der Waals surface area contributed by atoms with E-state index >= 15 is 0 Å². The van der Waals surface area contributed by atoms with Gasteiger partial charge in [-0.15, -0.1) is 0 Å². The molecule has 0 aromatic heterocycles. The predicted octanol–water partition coefficient (Wildman–Crippen LogP) is 2.60. The number of methoxy groups -OCH3 is 3. The molecule has 1 fully saturated rings. The number of benzene rings is 1. The van der Waals surface area contributed by atoms with Gasteiger partial charge in [-0.05, 0) is 50.4 Å². The second-order valence-corrected chi connectivity index (χ2v) is 7.03. The normalized spacial score (nSPS) is 19.2. The summed E-state index contributed by atoms with van der Waals surface area (Å²) in [6, 6.07) is 2.13. The fourth-order valence-corrected chi connectivity index (χ4v) is 4.11. The van der Waals surface area contributed by atoms with Crippen molar-refractivity contribution in [3.63, 3.8) is 0 Å². The van der Waals surface area contributed by atoms with Gasteiger partial charge in [0.1, 0.15) is 0 Å². The molecule has 0 radical (unpaired) electrons. The number of fused-ring (bicyclic) bond motifs is 1. The van der Waals surface area contributed by atoms with Crippen LogP contribution in [0.15, 0.2) is 6.07 Å². The highest BCUT2D eigenvalue weighted by atomic mass is 16.5. The third-order valence-electron chi connectivity index (χ3n) is 5.58. The molecule has 0 unspecified atom stereocenters. The Morgan fingerprint density at radius 2 is 1.40 bits per heavy atom. The number of hydrogen-bond donors (Lipinski definition) is 0. The Morgan fingerprint density at radius 3 is 2.04 bits per heavy atom. The predicted molar refractivity (Wildman–Crippen MR) is 100 cm³/mol. The number of rotatable bonds is 6. The molecule has 0 amide bonds. The van der Waals surface area contributed by atoms with Crippen LogP contribution in [0, 0.1) is 0 Å². The van der Waals surface area contributed by atoms with Crippen LogP contribution in [0.1, 0.15) is 30.4 Å². The minimum atomic E-state index is 0.713. The van der Waals surface area contributed by atoms with Crippen LogP contribution in [0.2, 0.25) is 0 Å². The zero-order valence-corrected chi connectivity index (χ0v) is 16.0. The average Bonchev–Trinajstić information content (AvgIpc) is 2.87. The maximum Gasteiger partial charge on any atom is 0.203 e. The van der Waals surface area contributed by atoms with E-state index in [0.29, 0.717) is 5.75 Å². The Kier molecular flexibility index (Phi) is 6.43. The van der Waals surface area contributed by atoms with E-state index < -0.39 is 0 Å². The molecular formula is C20H32N2O3.